The van der Waals surface area contributed by atoms with Crippen LogP contribution >= 0.6 is 15.9 Å². The van der Waals surface area contributed by atoms with Crippen molar-refractivity contribution in [3.63, 3.8) is 0 Å². The van der Waals surface area contributed by atoms with Crippen molar-refractivity contribution in [1.29, 1.82) is 0 Å². The second kappa shape index (κ2) is 5.10. The largest absolute Gasteiger partial charge is 0.508 e. The smallest absolute Gasteiger partial charge is 0.120 e. The zero-order chi connectivity index (χ0) is 12.3. The number of hydrogen-bond donors (Lipinski definition) is 2. The van der Waals surface area contributed by atoms with Gasteiger partial charge in [-0.2, -0.15) is 0 Å². The van der Waals surface area contributed by atoms with Crippen LogP contribution in [0.25, 0.3) is 0 Å². The van der Waals surface area contributed by atoms with Crippen molar-refractivity contribution < 1.29 is 9.84 Å². The molecule has 0 unspecified atom stereocenters. The molecule has 0 bridgehead atoms. The number of ether oxygens (including phenoxy) is 1. The Morgan fingerprint density at radius 3 is 2.47 bits per heavy atom. The number of aromatic hydroxyl groups is 1. The van der Waals surface area contributed by atoms with Crippen molar-refractivity contribution in [3.05, 3.63) is 52.5 Å². The van der Waals surface area contributed by atoms with Crippen molar-refractivity contribution in [1.82, 2.24) is 0 Å². The molecule has 2 aromatic carbocycles. The number of nitrogens with two attached hydrogens (primary N) is 1. The van der Waals surface area contributed by atoms with E-state index in [2.05, 4.69) is 15.9 Å². The van der Waals surface area contributed by atoms with Crippen LogP contribution in [0.15, 0.2) is 46.9 Å². The Bertz CT molecular complexity index is 511. The lowest BCUT2D eigenvalue weighted by Gasteiger charge is -2.07. The molecule has 2 aromatic rings. The highest BCUT2D eigenvalue weighted by molar-refractivity contribution is 9.10. The standard InChI is InChI=1S/C13H12BrNO2/c14-12-7-9(1-6-13(12)15)8-17-11-4-2-10(16)3-5-11/h1-7,16H,8,15H2. The third-order valence-electron chi connectivity index (χ3n) is 2.31. The number of phenols is 1. The first kappa shape index (κ1) is 11.8. The minimum Gasteiger partial charge on any atom is -0.508 e. The van der Waals surface area contributed by atoms with Gasteiger partial charge in [0.2, 0.25) is 0 Å². The topological polar surface area (TPSA) is 55.5 Å². The van der Waals surface area contributed by atoms with Gasteiger partial charge in [-0.05, 0) is 57.9 Å². The number of hydrogen-bond acceptors (Lipinski definition) is 3. The molecule has 88 valence electrons. The Labute approximate surface area is 108 Å². The molecule has 0 atom stereocenters. The summed E-state index contributed by atoms with van der Waals surface area (Å²) in [4.78, 5) is 0. The van der Waals surface area contributed by atoms with Crippen molar-refractivity contribution in [2.75, 3.05) is 5.73 Å². The summed E-state index contributed by atoms with van der Waals surface area (Å²) < 4.78 is 6.43. The first-order valence-electron chi connectivity index (χ1n) is 5.11. The normalized spacial score (nSPS) is 10.2. The minimum absolute atomic E-state index is 0.229. The van der Waals surface area contributed by atoms with Crippen molar-refractivity contribution >= 4 is 21.6 Å². The summed E-state index contributed by atoms with van der Waals surface area (Å²) in [6.07, 6.45) is 0. The van der Waals surface area contributed by atoms with Crippen LogP contribution in [0, 0.1) is 0 Å². The molecule has 0 aliphatic rings. The van der Waals surface area contributed by atoms with Gasteiger partial charge in [0.1, 0.15) is 18.1 Å². The van der Waals surface area contributed by atoms with Gasteiger partial charge >= 0.3 is 0 Å². The van der Waals surface area contributed by atoms with Gasteiger partial charge in [-0.25, -0.2) is 0 Å². The van der Waals surface area contributed by atoms with Crippen molar-refractivity contribution in [3.8, 4) is 11.5 Å². The molecule has 3 N–H and O–H groups in total. The minimum atomic E-state index is 0.229. The Hall–Kier alpha value is -1.68. The predicted octanol–water partition coefficient (Wildman–Crippen LogP) is 3.32. The fourth-order valence-corrected chi connectivity index (χ4v) is 1.80. The van der Waals surface area contributed by atoms with E-state index in [0.29, 0.717) is 12.3 Å². The molecule has 0 aromatic heterocycles. The fourth-order valence-electron chi connectivity index (χ4n) is 1.37. The van der Waals surface area contributed by atoms with Crippen LogP contribution in [-0.2, 0) is 6.61 Å². The lowest BCUT2D eigenvalue weighted by atomic mass is 10.2. The molecule has 0 heterocycles. The molecule has 17 heavy (non-hydrogen) atoms. The van der Waals surface area contributed by atoms with Gasteiger partial charge in [-0.15, -0.1) is 0 Å². The fraction of sp³-hybridized carbons (Fsp3) is 0.0769. The van der Waals surface area contributed by atoms with Crippen LogP contribution in [0.4, 0.5) is 5.69 Å². The van der Waals surface area contributed by atoms with Gasteiger partial charge in [-0.3, -0.25) is 0 Å². The van der Waals surface area contributed by atoms with Crippen molar-refractivity contribution in [2.24, 2.45) is 0 Å². The predicted molar refractivity (Wildman–Crippen MR) is 71.0 cm³/mol. The van der Waals surface area contributed by atoms with Crippen LogP contribution in [0.3, 0.4) is 0 Å². The summed E-state index contributed by atoms with van der Waals surface area (Å²) in [6, 6.07) is 12.3. The maximum Gasteiger partial charge on any atom is 0.120 e. The van der Waals surface area contributed by atoms with E-state index in [-0.39, 0.29) is 5.75 Å². The van der Waals surface area contributed by atoms with Crippen LogP contribution in [0.1, 0.15) is 5.56 Å². The van der Waals surface area contributed by atoms with Gasteiger partial charge in [0, 0.05) is 10.2 Å². The maximum atomic E-state index is 9.13. The first-order chi connectivity index (χ1) is 8.15. The van der Waals surface area contributed by atoms with Crippen LogP contribution < -0.4 is 10.5 Å². The van der Waals surface area contributed by atoms with Gasteiger partial charge in [0.15, 0.2) is 0 Å². The van der Waals surface area contributed by atoms with Gasteiger partial charge in [-0.1, -0.05) is 6.07 Å². The van der Waals surface area contributed by atoms with Gasteiger partial charge < -0.3 is 15.6 Å². The number of rotatable bonds is 3. The average Bonchev–Trinajstić information content (AvgIpc) is 2.33. The number of benzene rings is 2. The quantitative estimate of drug-likeness (QED) is 0.854. The summed E-state index contributed by atoms with van der Waals surface area (Å²) in [6.45, 7) is 0.462. The molecule has 0 saturated heterocycles. The van der Waals surface area contributed by atoms with Gasteiger partial charge in [0.05, 0.1) is 0 Å². The van der Waals surface area contributed by atoms with E-state index in [1.165, 1.54) is 0 Å². The molecule has 0 fully saturated rings. The average molecular weight is 294 g/mol. The van der Waals surface area contributed by atoms with E-state index < -0.39 is 0 Å². The number of phenolic OH excluding ortho intramolecular Hbond substituents is 1. The summed E-state index contributed by atoms with van der Waals surface area (Å²) >= 11 is 3.37. The third kappa shape index (κ3) is 3.14. The van der Waals surface area contributed by atoms with E-state index in [1.807, 2.05) is 18.2 Å². The second-order valence-corrected chi connectivity index (χ2v) is 4.49. The monoisotopic (exact) mass is 293 g/mol. The van der Waals surface area contributed by atoms with Crippen LogP contribution in [0.5, 0.6) is 11.5 Å². The molecule has 3 nitrogen and oxygen atoms in total. The lowest BCUT2D eigenvalue weighted by Crippen LogP contribution is -1.96. The molecule has 0 aliphatic carbocycles. The molecule has 0 saturated carbocycles. The zero-order valence-corrected chi connectivity index (χ0v) is 10.6. The van der Waals surface area contributed by atoms with Gasteiger partial charge in [0.25, 0.3) is 0 Å². The Balaban J connectivity index is 2.02. The van der Waals surface area contributed by atoms with E-state index in [1.54, 1.807) is 24.3 Å². The number of anilines is 1. The second-order valence-electron chi connectivity index (χ2n) is 3.64. The molecule has 4 heteroatoms. The Kier molecular flexibility index (Phi) is 3.54. The van der Waals surface area contributed by atoms with E-state index >= 15 is 0 Å². The van der Waals surface area contributed by atoms with E-state index in [0.717, 1.165) is 15.8 Å². The first-order valence-corrected chi connectivity index (χ1v) is 5.90. The molecular weight excluding hydrogens is 282 g/mol. The third-order valence-corrected chi connectivity index (χ3v) is 2.99. The summed E-state index contributed by atoms with van der Waals surface area (Å²) in [7, 11) is 0. The summed E-state index contributed by atoms with van der Waals surface area (Å²) in [5.41, 5.74) is 7.43. The van der Waals surface area contributed by atoms with E-state index in [9.17, 15) is 0 Å². The molecule has 0 spiro atoms. The SMILES string of the molecule is Nc1ccc(COc2ccc(O)cc2)cc1Br. The van der Waals surface area contributed by atoms with E-state index in [4.69, 9.17) is 15.6 Å². The maximum absolute atomic E-state index is 9.13. The molecule has 0 amide bonds. The highest BCUT2D eigenvalue weighted by Gasteiger charge is 1.99. The van der Waals surface area contributed by atoms with Crippen LogP contribution in [-0.4, -0.2) is 5.11 Å². The Morgan fingerprint density at radius 1 is 1.12 bits per heavy atom. The molecule has 0 radical (unpaired) electrons. The lowest BCUT2D eigenvalue weighted by molar-refractivity contribution is 0.305. The number of nitrogen functional groups attached to an aromatic ring is 1. The highest BCUT2D eigenvalue weighted by atomic mass is 79.9. The molecule has 2 rings (SSSR count). The summed E-state index contributed by atoms with van der Waals surface area (Å²) in [5, 5.41) is 9.13. The Morgan fingerprint density at radius 2 is 1.82 bits per heavy atom. The zero-order valence-electron chi connectivity index (χ0n) is 9.06. The highest BCUT2D eigenvalue weighted by Crippen LogP contribution is 2.22. The van der Waals surface area contributed by atoms with Crippen molar-refractivity contribution in [2.45, 2.75) is 6.61 Å². The molecular formula is C13H12BrNO2. The number of halogens is 1. The van der Waals surface area contributed by atoms with Crippen LogP contribution in [0.2, 0.25) is 0 Å². The summed E-state index contributed by atoms with van der Waals surface area (Å²) in [5.74, 6) is 0.948. The molecule has 0 aliphatic heterocycles.